The van der Waals surface area contributed by atoms with Crippen molar-refractivity contribution in [2.24, 2.45) is 0 Å². The van der Waals surface area contributed by atoms with Crippen LogP contribution in [0, 0.1) is 0 Å². The Balaban J connectivity index is 1.92. The summed E-state index contributed by atoms with van der Waals surface area (Å²) in [6.07, 6.45) is 0.779. The maximum Gasteiger partial charge on any atom is 0.415 e. The molecule has 0 spiro atoms. The standard InChI is InChI=1S/C14H17NO4/c1-2-18-12-5-7-13(8-6-12)19-14(17)15-9-3-4-11(16)10-15/h5-8H,2-4,9-10H2,1H3. The van der Waals surface area contributed by atoms with Crippen LogP contribution in [-0.2, 0) is 4.79 Å². The maximum absolute atomic E-state index is 11.8. The molecule has 2 rings (SSSR count). The van der Waals surface area contributed by atoms with Crippen LogP contribution in [0.3, 0.4) is 0 Å². The summed E-state index contributed by atoms with van der Waals surface area (Å²) < 4.78 is 10.5. The van der Waals surface area contributed by atoms with Gasteiger partial charge in [0.1, 0.15) is 11.5 Å². The van der Waals surface area contributed by atoms with Gasteiger partial charge in [-0.1, -0.05) is 0 Å². The summed E-state index contributed by atoms with van der Waals surface area (Å²) in [5.74, 6) is 1.26. The lowest BCUT2D eigenvalue weighted by Crippen LogP contribution is -2.41. The number of nitrogens with zero attached hydrogens (tertiary/aromatic N) is 1. The minimum atomic E-state index is -0.475. The monoisotopic (exact) mass is 263 g/mol. The van der Waals surface area contributed by atoms with Gasteiger partial charge in [-0.3, -0.25) is 4.79 Å². The minimum absolute atomic E-state index is 0.0786. The Hall–Kier alpha value is -2.04. The van der Waals surface area contributed by atoms with Crippen LogP contribution in [0.2, 0.25) is 0 Å². The number of carbonyl (C=O) groups excluding carboxylic acids is 2. The maximum atomic E-state index is 11.8. The smallest absolute Gasteiger partial charge is 0.415 e. The Morgan fingerprint density at radius 2 is 1.95 bits per heavy atom. The molecule has 1 aliphatic heterocycles. The van der Waals surface area contributed by atoms with Crippen molar-refractivity contribution in [2.75, 3.05) is 19.7 Å². The summed E-state index contributed by atoms with van der Waals surface area (Å²) in [6, 6.07) is 6.84. The van der Waals surface area contributed by atoms with Gasteiger partial charge in [0.2, 0.25) is 0 Å². The summed E-state index contributed by atoms with van der Waals surface area (Å²) >= 11 is 0. The Bertz CT molecular complexity index is 455. The van der Waals surface area contributed by atoms with Gasteiger partial charge in [0.05, 0.1) is 13.2 Å². The first-order chi connectivity index (χ1) is 9.19. The van der Waals surface area contributed by atoms with Gasteiger partial charge in [-0.25, -0.2) is 4.79 Å². The number of piperidine rings is 1. The SMILES string of the molecule is CCOc1ccc(OC(=O)N2CCCC(=O)C2)cc1. The number of hydrogen-bond acceptors (Lipinski definition) is 4. The first-order valence-electron chi connectivity index (χ1n) is 6.40. The van der Waals surface area contributed by atoms with Gasteiger partial charge in [-0.05, 0) is 37.6 Å². The van der Waals surface area contributed by atoms with Crippen molar-refractivity contribution in [3.05, 3.63) is 24.3 Å². The van der Waals surface area contributed by atoms with E-state index in [9.17, 15) is 9.59 Å². The molecule has 0 unspecified atom stereocenters. The molecule has 1 saturated heterocycles. The van der Waals surface area contributed by atoms with Crippen molar-refractivity contribution in [1.29, 1.82) is 0 Å². The number of likely N-dealkylation sites (tertiary alicyclic amines) is 1. The van der Waals surface area contributed by atoms with E-state index in [0.29, 0.717) is 31.7 Å². The highest BCUT2D eigenvalue weighted by molar-refractivity contribution is 5.85. The first kappa shape index (κ1) is 13.4. The molecule has 0 saturated carbocycles. The zero-order valence-electron chi connectivity index (χ0n) is 10.9. The molecule has 1 aromatic rings. The predicted molar refractivity (Wildman–Crippen MR) is 69.4 cm³/mol. The Morgan fingerprint density at radius 1 is 1.26 bits per heavy atom. The van der Waals surface area contributed by atoms with Crippen molar-refractivity contribution in [1.82, 2.24) is 4.90 Å². The lowest BCUT2D eigenvalue weighted by atomic mass is 10.1. The number of rotatable bonds is 3. The molecule has 5 heteroatoms. The predicted octanol–water partition coefficient (Wildman–Crippen LogP) is 2.25. The minimum Gasteiger partial charge on any atom is -0.494 e. The van der Waals surface area contributed by atoms with Crippen LogP contribution in [0.25, 0.3) is 0 Å². The van der Waals surface area contributed by atoms with E-state index in [-0.39, 0.29) is 12.3 Å². The molecule has 1 amide bonds. The summed E-state index contributed by atoms with van der Waals surface area (Å²) in [4.78, 5) is 24.6. The lowest BCUT2D eigenvalue weighted by Gasteiger charge is -2.24. The molecule has 1 aromatic carbocycles. The van der Waals surface area contributed by atoms with E-state index in [1.165, 1.54) is 4.90 Å². The summed E-state index contributed by atoms with van der Waals surface area (Å²) in [6.45, 7) is 3.22. The highest BCUT2D eigenvalue weighted by Gasteiger charge is 2.22. The fourth-order valence-electron chi connectivity index (χ4n) is 1.93. The summed E-state index contributed by atoms with van der Waals surface area (Å²) in [5, 5.41) is 0. The number of ketones is 1. The highest BCUT2D eigenvalue weighted by Crippen LogP contribution is 2.18. The topological polar surface area (TPSA) is 55.8 Å². The van der Waals surface area contributed by atoms with Crippen molar-refractivity contribution in [3.63, 3.8) is 0 Å². The van der Waals surface area contributed by atoms with Gasteiger partial charge >= 0.3 is 6.09 Å². The zero-order chi connectivity index (χ0) is 13.7. The van der Waals surface area contributed by atoms with Gasteiger partial charge in [-0.15, -0.1) is 0 Å². The average molecular weight is 263 g/mol. The number of amides is 1. The first-order valence-corrected chi connectivity index (χ1v) is 6.40. The molecule has 19 heavy (non-hydrogen) atoms. The molecule has 0 aromatic heterocycles. The molecule has 1 fully saturated rings. The summed E-state index contributed by atoms with van der Waals surface area (Å²) in [7, 11) is 0. The molecule has 0 bridgehead atoms. The van der Waals surface area contributed by atoms with Crippen molar-refractivity contribution < 1.29 is 19.1 Å². The van der Waals surface area contributed by atoms with E-state index in [2.05, 4.69) is 0 Å². The van der Waals surface area contributed by atoms with Crippen LogP contribution in [0.5, 0.6) is 11.5 Å². The Labute approximate surface area is 112 Å². The van der Waals surface area contributed by atoms with Crippen LogP contribution in [0.15, 0.2) is 24.3 Å². The second-order valence-electron chi connectivity index (χ2n) is 4.34. The van der Waals surface area contributed by atoms with Gasteiger partial charge in [0.15, 0.2) is 5.78 Å². The van der Waals surface area contributed by atoms with Crippen LogP contribution in [-0.4, -0.2) is 36.5 Å². The zero-order valence-corrected chi connectivity index (χ0v) is 10.9. The third-order valence-corrected chi connectivity index (χ3v) is 2.85. The number of ether oxygens (including phenoxy) is 2. The van der Waals surface area contributed by atoms with Crippen LogP contribution in [0.4, 0.5) is 4.79 Å². The van der Waals surface area contributed by atoms with Crippen molar-refractivity contribution >= 4 is 11.9 Å². The molecule has 0 N–H and O–H groups in total. The normalized spacial score (nSPS) is 15.2. The molecule has 0 aliphatic carbocycles. The van der Waals surface area contributed by atoms with E-state index < -0.39 is 6.09 Å². The van der Waals surface area contributed by atoms with E-state index in [0.717, 1.165) is 5.75 Å². The second kappa shape index (κ2) is 6.22. The Kier molecular flexibility index (Phi) is 4.39. The van der Waals surface area contributed by atoms with Gasteiger partial charge in [-0.2, -0.15) is 0 Å². The fourth-order valence-corrected chi connectivity index (χ4v) is 1.93. The molecule has 5 nitrogen and oxygen atoms in total. The van der Waals surface area contributed by atoms with Crippen molar-refractivity contribution in [2.45, 2.75) is 19.8 Å². The molecule has 1 heterocycles. The molecule has 102 valence electrons. The van der Waals surface area contributed by atoms with Crippen LogP contribution < -0.4 is 9.47 Å². The molecule has 1 aliphatic rings. The second-order valence-corrected chi connectivity index (χ2v) is 4.34. The third kappa shape index (κ3) is 3.71. The number of carbonyl (C=O) groups is 2. The third-order valence-electron chi connectivity index (χ3n) is 2.85. The van der Waals surface area contributed by atoms with Crippen molar-refractivity contribution in [3.8, 4) is 11.5 Å². The van der Waals surface area contributed by atoms with E-state index in [1.807, 2.05) is 6.92 Å². The van der Waals surface area contributed by atoms with E-state index >= 15 is 0 Å². The largest absolute Gasteiger partial charge is 0.494 e. The summed E-state index contributed by atoms with van der Waals surface area (Å²) in [5.41, 5.74) is 0. The molecular formula is C14H17NO4. The molecule has 0 radical (unpaired) electrons. The number of benzene rings is 1. The quantitative estimate of drug-likeness (QED) is 0.839. The number of hydrogen-bond donors (Lipinski definition) is 0. The fraction of sp³-hybridized carbons (Fsp3) is 0.429. The van der Waals surface area contributed by atoms with E-state index in [1.54, 1.807) is 24.3 Å². The number of Topliss-reactive ketones (excluding diaryl/α,β-unsaturated/α-hetero) is 1. The van der Waals surface area contributed by atoms with Gasteiger partial charge in [0, 0.05) is 13.0 Å². The van der Waals surface area contributed by atoms with Gasteiger partial charge in [0.25, 0.3) is 0 Å². The van der Waals surface area contributed by atoms with E-state index in [4.69, 9.17) is 9.47 Å². The highest BCUT2D eigenvalue weighted by atomic mass is 16.6. The lowest BCUT2D eigenvalue weighted by molar-refractivity contribution is -0.121. The average Bonchev–Trinajstić information content (AvgIpc) is 2.41. The Morgan fingerprint density at radius 3 is 2.58 bits per heavy atom. The van der Waals surface area contributed by atoms with Crippen LogP contribution in [0.1, 0.15) is 19.8 Å². The molecule has 0 atom stereocenters. The van der Waals surface area contributed by atoms with Crippen LogP contribution >= 0.6 is 0 Å². The molecular weight excluding hydrogens is 246 g/mol. The van der Waals surface area contributed by atoms with Gasteiger partial charge < -0.3 is 14.4 Å².